The van der Waals surface area contributed by atoms with Gasteiger partial charge in [-0.15, -0.1) is 0 Å². The zero-order valence-electron chi connectivity index (χ0n) is 10.3. The third-order valence-corrected chi connectivity index (χ3v) is 3.08. The summed E-state index contributed by atoms with van der Waals surface area (Å²) in [6.07, 6.45) is 0.230. The number of hydrogen-bond donors (Lipinski definition) is 1. The highest BCUT2D eigenvalue weighted by atomic mass is 16.6. The van der Waals surface area contributed by atoms with E-state index in [1.807, 2.05) is 0 Å². The normalized spacial score (nSPS) is 17.9. The maximum Gasteiger partial charge on any atom is 0.312 e. The zero-order chi connectivity index (χ0) is 14.7. The summed E-state index contributed by atoms with van der Waals surface area (Å²) in [4.78, 5) is 26.0. The van der Waals surface area contributed by atoms with Gasteiger partial charge >= 0.3 is 5.69 Å². The fourth-order valence-corrected chi connectivity index (χ4v) is 2.13. The molecule has 0 bridgehead atoms. The second-order valence-corrected chi connectivity index (χ2v) is 4.42. The summed E-state index contributed by atoms with van der Waals surface area (Å²) >= 11 is 0. The van der Waals surface area contributed by atoms with Gasteiger partial charge in [0.1, 0.15) is 0 Å². The summed E-state index contributed by atoms with van der Waals surface area (Å²) in [7, 11) is 0. The monoisotopic (exact) mass is 277 g/mol. The number of nitro benzene ring substituents is 1. The number of carbonyl (C=O) groups is 1. The second kappa shape index (κ2) is 5.45. The highest BCUT2D eigenvalue weighted by Gasteiger charge is 2.31. The summed E-state index contributed by atoms with van der Waals surface area (Å²) < 4.78 is 0. The van der Waals surface area contributed by atoms with Gasteiger partial charge in [-0.3, -0.25) is 14.9 Å². The minimum absolute atomic E-state index is 0.105. The Morgan fingerprint density at radius 2 is 2.35 bits per heavy atom. The van der Waals surface area contributed by atoms with Crippen molar-refractivity contribution in [2.45, 2.75) is 6.42 Å². The van der Waals surface area contributed by atoms with Gasteiger partial charge in [-0.2, -0.15) is 0 Å². The molecule has 1 N–H and O–H groups in total. The molecule has 1 saturated heterocycles. The molecule has 0 aromatic heterocycles. The van der Waals surface area contributed by atoms with Crippen molar-refractivity contribution in [1.29, 1.82) is 0 Å². The van der Waals surface area contributed by atoms with Gasteiger partial charge in [0.25, 0.3) is 0 Å². The molecular weight excluding hydrogens is 266 g/mol. The number of phenols is 1. The number of rotatable bonds is 4. The van der Waals surface area contributed by atoms with Gasteiger partial charge in [-0.25, -0.2) is 0 Å². The fourth-order valence-electron chi connectivity index (χ4n) is 2.13. The summed E-state index contributed by atoms with van der Waals surface area (Å²) in [5.41, 5.74) is 8.16. The van der Waals surface area contributed by atoms with Gasteiger partial charge in [-0.05, 0) is 23.6 Å². The minimum atomic E-state index is -0.711. The fraction of sp³-hybridized carbons (Fsp3) is 0.364. The Morgan fingerprint density at radius 1 is 1.60 bits per heavy atom. The first kappa shape index (κ1) is 13.6. The van der Waals surface area contributed by atoms with Crippen molar-refractivity contribution in [2.75, 3.05) is 18.0 Å². The predicted molar refractivity (Wildman–Crippen MR) is 69.2 cm³/mol. The summed E-state index contributed by atoms with van der Waals surface area (Å²) in [5.74, 6) is -0.745. The van der Waals surface area contributed by atoms with E-state index in [0.717, 1.165) is 6.07 Å². The molecule has 0 saturated carbocycles. The molecule has 1 aromatic rings. The van der Waals surface area contributed by atoms with E-state index in [1.54, 1.807) is 0 Å². The lowest BCUT2D eigenvalue weighted by atomic mass is 10.1. The summed E-state index contributed by atoms with van der Waals surface area (Å²) in [6.45, 7) is 0.540. The van der Waals surface area contributed by atoms with Crippen LogP contribution in [0.5, 0.6) is 5.75 Å². The Morgan fingerprint density at radius 3 is 3.00 bits per heavy atom. The molecule has 1 atom stereocenters. The number of anilines is 1. The molecule has 0 radical (unpaired) electrons. The number of aromatic hydroxyl groups is 1. The van der Waals surface area contributed by atoms with E-state index in [0.29, 0.717) is 12.2 Å². The number of amides is 1. The van der Waals surface area contributed by atoms with Crippen LogP contribution in [0.3, 0.4) is 0 Å². The SMILES string of the molecule is [N-]=[N+]=NCC1CC(=O)N(c2ccc(O)c([N+](=O)[O-])c2)C1. The minimum Gasteiger partial charge on any atom is -0.502 e. The maximum atomic E-state index is 11.9. The van der Waals surface area contributed by atoms with Crippen molar-refractivity contribution in [3.8, 4) is 5.75 Å². The molecule has 20 heavy (non-hydrogen) atoms. The van der Waals surface area contributed by atoms with E-state index < -0.39 is 16.4 Å². The number of phenolic OH excluding ortho intramolecular Hbond substituents is 1. The molecule has 2 rings (SSSR count). The molecule has 1 aromatic carbocycles. The van der Waals surface area contributed by atoms with Gasteiger partial charge in [0.15, 0.2) is 5.75 Å². The van der Waals surface area contributed by atoms with Crippen LogP contribution < -0.4 is 4.90 Å². The third kappa shape index (κ3) is 2.62. The van der Waals surface area contributed by atoms with Crippen molar-refractivity contribution < 1.29 is 14.8 Å². The van der Waals surface area contributed by atoms with E-state index in [-0.39, 0.29) is 24.8 Å². The Kier molecular flexibility index (Phi) is 3.72. The molecule has 1 fully saturated rings. The topological polar surface area (TPSA) is 132 Å². The molecule has 1 amide bonds. The first-order valence-corrected chi connectivity index (χ1v) is 5.81. The first-order valence-electron chi connectivity index (χ1n) is 5.81. The average Bonchev–Trinajstić information content (AvgIpc) is 2.78. The van der Waals surface area contributed by atoms with Gasteiger partial charge in [0, 0.05) is 30.5 Å². The van der Waals surface area contributed by atoms with Crippen LogP contribution in [0.4, 0.5) is 11.4 Å². The van der Waals surface area contributed by atoms with Crippen LogP contribution in [0.1, 0.15) is 6.42 Å². The van der Waals surface area contributed by atoms with Crippen LogP contribution in [0, 0.1) is 16.0 Å². The van der Waals surface area contributed by atoms with E-state index in [1.165, 1.54) is 17.0 Å². The number of nitrogens with zero attached hydrogens (tertiary/aromatic N) is 5. The Labute approximate surface area is 113 Å². The number of hydrogen-bond acceptors (Lipinski definition) is 5. The Bertz CT molecular complexity index is 611. The average molecular weight is 277 g/mol. The molecule has 9 nitrogen and oxygen atoms in total. The van der Waals surface area contributed by atoms with Gasteiger partial charge in [0.2, 0.25) is 5.91 Å². The molecule has 1 heterocycles. The van der Waals surface area contributed by atoms with Crippen LogP contribution in [-0.2, 0) is 4.79 Å². The van der Waals surface area contributed by atoms with E-state index in [4.69, 9.17) is 5.53 Å². The van der Waals surface area contributed by atoms with Crippen LogP contribution in [0.2, 0.25) is 0 Å². The van der Waals surface area contributed by atoms with Crippen molar-refractivity contribution in [3.05, 3.63) is 38.8 Å². The molecule has 0 aliphatic carbocycles. The summed E-state index contributed by atoms with van der Waals surface area (Å²) in [5, 5.41) is 23.6. The van der Waals surface area contributed by atoms with Crippen LogP contribution in [-0.4, -0.2) is 29.0 Å². The van der Waals surface area contributed by atoms with Gasteiger partial charge in [0.05, 0.1) is 10.6 Å². The molecule has 9 heteroatoms. The summed E-state index contributed by atoms with van der Waals surface area (Å²) in [6, 6.07) is 3.78. The lowest BCUT2D eigenvalue weighted by molar-refractivity contribution is -0.385. The van der Waals surface area contributed by atoms with Crippen molar-refractivity contribution in [2.24, 2.45) is 11.0 Å². The molecule has 1 unspecified atom stereocenters. The van der Waals surface area contributed by atoms with Crippen LogP contribution in [0.25, 0.3) is 10.4 Å². The number of nitro groups is 1. The second-order valence-electron chi connectivity index (χ2n) is 4.42. The third-order valence-electron chi connectivity index (χ3n) is 3.08. The predicted octanol–water partition coefficient (Wildman–Crippen LogP) is 1.96. The lowest BCUT2D eigenvalue weighted by Crippen LogP contribution is -2.24. The Hall–Kier alpha value is -2.80. The highest BCUT2D eigenvalue weighted by Crippen LogP contribution is 2.33. The van der Waals surface area contributed by atoms with E-state index >= 15 is 0 Å². The number of benzene rings is 1. The van der Waals surface area contributed by atoms with E-state index in [9.17, 15) is 20.0 Å². The maximum absolute atomic E-state index is 11.9. The Balaban J connectivity index is 2.24. The lowest BCUT2D eigenvalue weighted by Gasteiger charge is -2.16. The molecule has 1 aliphatic heterocycles. The van der Waals surface area contributed by atoms with Crippen LogP contribution >= 0.6 is 0 Å². The van der Waals surface area contributed by atoms with Crippen molar-refractivity contribution >= 4 is 17.3 Å². The highest BCUT2D eigenvalue weighted by molar-refractivity contribution is 5.96. The quantitative estimate of drug-likeness (QED) is 0.296. The van der Waals surface area contributed by atoms with E-state index in [2.05, 4.69) is 10.0 Å². The molecule has 0 spiro atoms. The molecule has 104 valence electrons. The van der Waals surface area contributed by atoms with Gasteiger partial charge in [-0.1, -0.05) is 5.11 Å². The molecule has 1 aliphatic rings. The van der Waals surface area contributed by atoms with Crippen LogP contribution in [0.15, 0.2) is 23.3 Å². The smallest absolute Gasteiger partial charge is 0.312 e. The largest absolute Gasteiger partial charge is 0.502 e. The van der Waals surface area contributed by atoms with Crippen molar-refractivity contribution in [3.63, 3.8) is 0 Å². The number of azide groups is 1. The van der Waals surface area contributed by atoms with Gasteiger partial charge < -0.3 is 10.0 Å². The van der Waals surface area contributed by atoms with Crippen molar-refractivity contribution in [1.82, 2.24) is 0 Å². The number of carbonyl (C=O) groups excluding carboxylic acids is 1. The standard InChI is InChI=1S/C11H11N5O4/c12-14-13-5-7-3-11(18)15(6-7)8-1-2-10(17)9(4-8)16(19)20/h1-2,4,7,17H,3,5-6H2. The first-order chi connectivity index (χ1) is 9.52. The zero-order valence-corrected chi connectivity index (χ0v) is 10.3. The molecular formula is C11H11N5O4.